The molecule has 5 nitrogen and oxygen atoms in total. The molecule has 0 aliphatic heterocycles. The molecule has 0 saturated carbocycles. The molecule has 0 spiro atoms. The van der Waals surface area contributed by atoms with E-state index in [1.54, 1.807) is 0 Å². The third kappa shape index (κ3) is 7.98. The third-order valence-electron chi connectivity index (χ3n) is 4.69. The first-order valence-corrected chi connectivity index (χ1v) is 9.95. The fourth-order valence-corrected chi connectivity index (χ4v) is 3.14. The summed E-state index contributed by atoms with van der Waals surface area (Å²) in [6.07, 6.45) is -0.547. The van der Waals surface area contributed by atoms with Crippen molar-refractivity contribution >= 4 is 0 Å². The van der Waals surface area contributed by atoms with Crippen LogP contribution in [0.25, 0.3) is 0 Å². The maximum absolute atomic E-state index is 10.3. The van der Waals surface area contributed by atoms with Crippen molar-refractivity contribution in [3.8, 4) is 5.75 Å². The van der Waals surface area contributed by atoms with Gasteiger partial charge in [0.05, 0.1) is 6.61 Å². The molecule has 0 aliphatic carbocycles. The second-order valence-corrected chi connectivity index (χ2v) is 7.58. The van der Waals surface area contributed by atoms with Crippen molar-refractivity contribution in [1.82, 2.24) is 9.80 Å². The lowest BCUT2D eigenvalue weighted by Crippen LogP contribution is -2.33. The molecule has 0 fully saturated rings. The molecule has 1 atom stereocenters. The van der Waals surface area contributed by atoms with E-state index in [9.17, 15) is 10.2 Å². The van der Waals surface area contributed by atoms with E-state index in [4.69, 9.17) is 4.74 Å². The zero-order chi connectivity index (χ0) is 20.4. The van der Waals surface area contributed by atoms with Crippen molar-refractivity contribution in [3.63, 3.8) is 0 Å². The minimum absolute atomic E-state index is 0.163. The van der Waals surface area contributed by atoms with Crippen LogP contribution in [-0.2, 0) is 13.1 Å². The molecular weight excluding hydrogens is 352 g/mol. The van der Waals surface area contributed by atoms with Gasteiger partial charge in [-0.15, -0.1) is 0 Å². The summed E-state index contributed by atoms with van der Waals surface area (Å²) in [5.41, 5.74) is 2.41. The Morgan fingerprint density at radius 1 is 0.929 bits per heavy atom. The third-order valence-corrected chi connectivity index (χ3v) is 4.69. The second-order valence-electron chi connectivity index (χ2n) is 7.58. The number of aliphatic hydroxyl groups is 2. The smallest absolute Gasteiger partial charge is 0.119 e. The number of hydrogen-bond donors (Lipinski definition) is 2. The number of benzene rings is 2. The van der Waals surface area contributed by atoms with Gasteiger partial charge in [-0.3, -0.25) is 9.80 Å². The van der Waals surface area contributed by atoms with Crippen LogP contribution in [0.4, 0.5) is 0 Å². The van der Waals surface area contributed by atoms with Crippen molar-refractivity contribution in [2.75, 3.05) is 33.4 Å². The lowest BCUT2D eigenvalue weighted by atomic mass is 10.2. The fourth-order valence-electron chi connectivity index (χ4n) is 3.14. The Bertz CT molecular complexity index is 661. The molecule has 28 heavy (non-hydrogen) atoms. The first-order valence-electron chi connectivity index (χ1n) is 9.95. The Morgan fingerprint density at radius 3 is 2.18 bits per heavy atom. The summed E-state index contributed by atoms with van der Waals surface area (Å²) in [7, 11) is 2.00. The Kier molecular flexibility index (Phi) is 9.44. The molecule has 1 unspecified atom stereocenters. The van der Waals surface area contributed by atoms with Gasteiger partial charge in [0.2, 0.25) is 0 Å². The van der Waals surface area contributed by atoms with Gasteiger partial charge < -0.3 is 14.9 Å². The molecule has 0 amide bonds. The van der Waals surface area contributed by atoms with Gasteiger partial charge in [0, 0.05) is 32.2 Å². The standard InChI is InChI=1S/C23H34N2O3/c1-19(2)25(13-14-26)16-21-9-11-23(12-10-21)28-18-22(27)17-24(3)15-20-7-5-4-6-8-20/h4-12,19,22,26-27H,13-18H2,1-3H3. The number of ether oxygens (including phenoxy) is 1. The van der Waals surface area contributed by atoms with E-state index in [2.05, 4.69) is 35.8 Å². The molecular formula is C23H34N2O3. The highest BCUT2D eigenvalue weighted by Gasteiger charge is 2.11. The van der Waals surface area contributed by atoms with Crippen LogP contribution in [0.2, 0.25) is 0 Å². The largest absolute Gasteiger partial charge is 0.491 e. The van der Waals surface area contributed by atoms with Gasteiger partial charge >= 0.3 is 0 Å². The molecule has 2 aromatic carbocycles. The molecule has 0 saturated heterocycles. The highest BCUT2D eigenvalue weighted by Crippen LogP contribution is 2.15. The molecule has 2 rings (SSSR count). The molecule has 0 radical (unpaired) electrons. The first kappa shape index (κ1) is 22.4. The van der Waals surface area contributed by atoms with Crippen LogP contribution in [0.3, 0.4) is 0 Å². The predicted molar refractivity (Wildman–Crippen MR) is 113 cm³/mol. The summed E-state index contributed by atoms with van der Waals surface area (Å²) in [6.45, 7) is 7.50. The van der Waals surface area contributed by atoms with Crippen molar-refractivity contribution < 1.29 is 14.9 Å². The first-order chi connectivity index (χ1) is 13.5. The number of nitrogens with zero attached hydrogens (tertiary/aromatic N) is 2. The minimum Gasteiger partial charge on any atom is -0.491 e. The highest BCUT2D eigenvalue weighted by molar-refractivity contribution is 5.27. The van der Waals surface area contributed by atoms with Gasteiger partial charge in [-0.05, 0) is 44.2 Å². The van der Waals surface area contributed by atoms with Gasteiger partial charge in [0.15, 0.2) is 0 Å². The van der Waals surface area contributed by atoms with Crippen molar-refractivity contribution in [1.29, 1.82) is 0 Å². The monoisotopic (exact) mass is 386 g/mol. The number of hydrogen-bond acceptors (Lipinski definition) is 5. The number of rotatable bonds is 12. The summed E-state index contributed by atoms with van der Waals surface area (Å²) in [4.78, 5) is 4.32. The van der Waals surface area contributed by atoms with Crippen molar-refractivity contribution in [2.24, 2.45) is 0 Å². The Morgan fingerprint density at radius 2 is 1.57 bits per heavy atom. The van der Waals surface area contributed by atoms with E-state index < -0.39 is 6.10 Å². The number of likely N-dealkylation sites (N-methyl/N-ethyl adjacent to an activating group) is 1. The highest BCUT2D eigenvalue weighted by atomic mass is 16.5. The van der Waals surface area contributed by atoms with E-state index >= 15 is 0 Å². The average Bonchev–Trinajstić information content (AvgIpc) is 2.67. The fraction of sp³-hybridized carbons (Fsp3) is 0.478. The minimum atomic E-state index is -0.547. The Labute approximate surface area is 169 Å². The van der Waals surface area contributed by atoms with E-state index in [0.29, 0.717) is 19.1 Å². The summed E-state index contributed by atoms with van der Waals surface area (Å²) >= 11 is 0. The van der Waals surface area contributed by atoms with Crippen molar-refractivity contribution in [2.45, 2.75) is 39.1 Å². The van der Waals surface area contributed by atoms with Gasteiger partial charge in [0.1, 0.15) is 18.5 Å². The van der Waals surface area contributed by atoms with E-state index in [1.807, 2.05) is 49.5 Å². The molecule has 0 aliphatic rings. The van der Waals surface area contributed by atoms with Crippen LogP contribution in [0.15, 0.2) is 54.6 Å². The molecule has 0 heterocycles. The zero-order valence-electron chi connectivity index (χ0n) is 17.3. The van der Waals surface area contributed by atoms with E-state index in [-0.39, 0.29) is 13.2 Å². The van der Waals surface area contributed by atoms with E-state index in [1.165, 1.54) is 11.1 Å². The van der Waals surface area contributed by atoms with Crippen LogP contribution in [0.5, 0.6) is 5.75 Å². The summed E-state index contributed by atoms with van der Waals surface area (Å²) in [5, 5.41) is 19.4. The maximum Gasteiger partial charge on any atom is 0.119 e. The number of aliphatic hydroxyl groups excluding tert-OH is 2. The normalized spacial score (nSPS) is 12.7. The van der Waals surface area contributed by atoms with Gasteiger partial charge in [0.25, 0.3) is 0 Å². The van der Waals surface area contributed by atoms with Crippen LogP contribution in [0.1, 0.15) is 25.0 Å². The molecule has 2 N–H and O–H groups in total. The molecule has 0 bridgehead atoms. The maximum atomic E-state index is 10.3. The molecule has 5 heteroatoms. The molecule has 154 valence electrons. The lowest BCUT2D eigenvalue weighted by molar-refractivity contribution is 0.0744. The van der Waals surface area contributed by atoms with Crippen molar-refractivity contribution in [3.05, 3.63) is 65.7 Å². The van der Waals surface area contributed by atoms with Crippen LogP contribution in [-0.4, -0.2) is 65.5 Å². The van der Waals surface area contributed by atoms with E-state index in [0.717, 1.165) is 18.8 Å². The van der Waals surface area contributed by atoms with Gasteiger partial charge in [-0.1, -0.05) is 42.5 Å². The quantitative estimate of drug-likeness (QED) is 0.587. The van der Waals surface area contributed by atoms with Gasteiger partial charge in [-0.2, -0.15) is 0 Å². The average molecular weight is 387 g/mol. The van der Waals surface area contributed by atoms with Crippen LogP contribution in [0, 0.1) is 0 Å². The molecule has 0 aromatic heterocycles. The Hall–Kier alpha value is -1.92. The zero-order valence-corrected chi connectivity index (χ0v) is 17.3. The topological polar surface area (TPSA) is 56.2 Å². The predicted octanol–water partition coefficient (Wildman–Crippen LogP) is 2.76. The molecule has 2 aromatic rings. The summed E-state index contributed by atoms with van der Waals surface area (Å²) in [6, 6.07) is 18.6. The Balaban J connectivity index is 1.76. The second kappa shape index (κ2) is 11.8. The summed E-state index contributed by atoms with van der Waals surface area (Å²) in [5.74, 6) is 0.756. The van der Waals surface area contributed by atoms with Crippen LogP contribution >= 0.6 is 0 Å². The SMILES string of the molecule is CC(C)N(CCO)Cc1ccc(OCC(O)CN(C)Cc2ccccc2)cc1. The van der Waals surface area contributed by atoms with Gasteiger partial charge in [-0.25, -0.2) is 0 Å². The van der Waals surface area contributed by atoms with Crippen LogP contribution < -0.4 is 4.74 Å². The lowest BCUT2D eigenvalue weighted by Gasteiger charge is -2.25. The summed E-state index contributed by atoms with van der Waals surface area (Å²) < 4.78 is 5.74.